The number of rotatable bonds is 0. The third kappa shape index (κ3) is 3.02. The molecule has 0 aliphatic rings. The van der Waals surface area contributed by atoms with E-state index in [1.807, 2.05) is 6.26 Å². The summed E-state index contributed by atoms with van der Waals surface area (Å²) in [5.74, 6) is 6.69. The summed E-state index contributed by atoms with van der Waals surface area (Å²) in [5.41, 5.74) is 2.07. The minimum Gasteiger partial charge on any atom is -0.0918 e. The summed E-state index contributed by atoms with van der Waals surface area (Å²) >= 11 is 5.75. The molecule has 29 heavy (non-hydrogen) atoms. The standard InChI is InChI=1S/C27H16S2/c1-29-13-11-23-26-16-20-8-4-2-6-18(20)14-24(26)22(10-12-28)25-15-19-7-3-5-9-21(19)17-27(23)25/h2-9,14-17,28H,1H3. The first-order valence-electron chi connectivity index (χ1n) is 9.30. The van der Waals surface area contributed by atoms with Crippen molar-refractivity contribution in [2.24, 2.45) is 0 Å². The van der Waals surface area contributed by atoms with Crippen LogP contribution in [0.3, 0.4) is 0 Å². The molecule has 0 radical (unpaired) electrons. The van der Waals surface area contributed by atoms with Gasteiger partial charge in [0, 0.05) is 11.1 Å². The lowest BCUT2D eigenvalue weighted by molar-refractivity contribution is 1.74. The molecular formula is C27H16S2. The Kier molecular flexibility index (Phi) is 4.61. The molecule has 5 aromatic carbocycles. The Morgan fingerprint density at radius 2 is 1.00 bits per heavy atom. The van der Waals surface area contributed by atoms with Gasteiger partial charge >= 0.3 is 0 Å². The van der Waals surface area contributed by atoms with Crippen LogP contribution in [0.15, 0.2) is 72.8 Å². The molecule has 5 aromatic rings. The molecule has 0 amide bonds. The van der Waals surface area contributed by atoms with Gasteiger partial charge in [-0.2, -0.15) is 0 Å². The fraction of sp³-hybridized carbons (Fsp3) is 0.0370. The third-order valence-corrected chi connectivity index (χ3v) is 5.73. The maximum atomic E-state index is 4.22. The first-order valence-corrected chi connectivity index (χ1v) is 11.0. The summed E-state index contributed by atoms with van der Waals surface area (Å²) < 4.78 is 0. The fourth-order valence-corrected chi connectivity index (χ4v) is 4.34. The van der Waals surface area contributed by atoms with Gasteiger partial charge in [0.05, 0.1) is 0 Å². The van der Waals surface area contributed by atoms with E-state index in [2.05, 4.69) is 108 Å². The van der Waals surface area contributed by atoms with Crippen molar-refractivity contribution in [3.8, 4) is 22.3 Å². The second kappa shape index (κ2) is 7.41. The van der Waals surface area contributed by atoms with Crippen molar-refractivity contribution in [1.29, 1.82) is 0 Å². The lowest BCUT2D eigenvalue weighted by Crippen LogP contribution is -1.91. The Balaban J connectivity index is 2.09. The number of thioether (sulfide) groups is 1. The molecule has 0 fully saturated rings. The Labute approximate surface area is 179 Å². The molecule has 5 rings (SSSR count). The van der Waals surface area contributed by atoms with Crippen LogP contribution in [-0.4, -0.2) is 6.26 Å². The molecular weight excluding hydrogens is 388 g/mol. The van der Waals surface area contributed by atoms with Crippen molar-refractivity contribution in [3.63, 3.8) is 0 Å². The molecule has 0 atom stereocenters. The average molecular weight is 405 g/mol. The highest BCUT2D eigenvalue weighted by atomic mass is 32.2. The number of benzene rings is 5. The zero-order valence-corrected chi connectivity index (χ0v) is 17.5. The zero-order chi connectivity index (χ0) is 19.8. The predicted molar refractivity (Wildman–Crippen MR) is 133 cm³/mol. The average Bonchev–Trinajstić information content (AvgIpc) is 2.76. The topological polar surface area (TPSA) is 0 Å². The largest absolute Gasteiger partial charge is 0.0918 e. The van der Waals surface area contributed by atoms with E-state index >= 15 is 0 Å². The van der Waals surface area contributed by atoms with Gasteiger partial charge in [-0.05, 0) is 84.1 Å². The van der Waals surface area contributed by atoms with E-state index < -0.39 is 0 Å². The first-order chi connectivity index (χ1) is 14.3. The Morgan fingerprint density at radius 1 is 0.621 bits per heavy atom. The minimum absolute atomic E-state index is 1.01. The first kappa shape index (κ1) is 18.0. The Morgan fingerprint density at radius 3 is 1.34 bits per heavy atom. The predicted octanol–water partition coefficient (Wildman–Crippen LogP) is 7.21. The molecule has 0 aliphatic heterocycles. The van der Waals surface area contributed by atoms with Crippen LogP contribution in [0.2, 0.25) is 0 Å². The molecule has 0 aromatic heterocycles. The molecule has 0 bridgehead atoms. The van der Waals surface area contributed by atoms with Crippen molar-refractivity contribution >= 4 is 67.5 Å². The minimum atomic E-state index is 1.01. The molecule has 0 spiro atoms. The molecule has 0 N–H and O–H groups in total. The Hall–Kier alpha value is -3.04. The van der Waals surface area contributed by atoms with E-state index in [1.54, 1.807) is 0 Å². The normalized spacial score (nSPS) is 10.7. The molecule has 2 heteroatoms. The highest BCUT2D eigenvalue weighted by Crippen LogP contribution is 2.37. The highest BCUT2D eigenvalue weighted by molar-refractivity contribution is 8.03. The van der Waals surface area contributed by atoms with Gasteiger partial charge in [0.25, 0.3) is 0 Å². The van der Waals surface area contributed by atoms with E-state index in [4.69, 9.17) is 0 Å². The van der Waals surface area contributed by atoms with Crippen LogP contribution in [-0.2, 0) is 0 Å². The van der Waals surface area contributed by atoms with E-state index in [9.17, 15) is 0 Å². The van der Waals surface area contributed by atoms with Crippen LogP contribution in [0, 0.1) is 22.3 Å². The molecule has 0 nitrogen and oxygen atoms in total. The summed E-state index contributed by atoms with van der Waals surface area (Å²) in [7, 11) is 0. The van der Waals surface area contributed by atoms with Gasteiger partial charge in [-0.15, -0.1) is 0 Å². The molecule has 0 heterocycles. The number of fused-ring (bicyclic) bond motifs is 4. The molecule has 136 valence electrons. The van der Waals surface area contributed by atoms with Gasteiger partial charge in [0.15, 0.2) is 0 Å². The summed E-state index contributed by atoms with van der Waals surface area (Å²) in [6, 6.07) is 25.8. The van der Waals surface area contributed by atoms with Crippen molar-refractivity contribution in [2.45, 2.75) is 0 Å². The second-order valence-corrected chi connectivity index (χ2v) is 7.74. The fourth-order valence-electron chi connectivity index (χ4n) is 4.03. The van der Waals surface area contributed by atoms with Crippen molar-refractivity contribution in [2.75, 3.05) is 6.26 Å². The smallest absolute Gasteiger partial charge is 0.0412 e. The summed E-state index contributed by atoms with van der Waals surface area (Å²) in [5, 5.41) is 15.4. The van der Waals surface area contributed by atoms with E-state index in [-0.39, 0.29) is 0 Å². The van der Waals surface area contributed by atoms with Crippen LogP contribution in [0.1, 0.15) is 11.1 Å². The summed E-state index contributed by atoms with van der Waals surface area (Å²) in [6.45, 7) is 0. The maximum Gasteiger partial charge on any atom is 0.0412 e. The van der Waals surface area contributed by atoms with Gasteiger partial charge in [-0.25, -0.2) is 0 Å². The number of hydrogen-bond donors (Lipinski definition) is 1. The van der Waals surface area contributed by atoms with Gasteiger partial charge in [0.1, 0.15) is 0 Å². The van der Waals surface area contributed by atoms with Gasteiger partial charge in [-0.3, -0.25) is 0 Å². The monoisotopic (exact) mass is 404 g/mol. The molecule has 0 unspecified atom stereocenters. The summed E-state index contributed by atoms with van der Waals surface area (Å²) in [4.78, 5) is 0. The number of hydrogen-bond acceptors (Lipinski definition) is 2. The quantitative estimate of drug-likeness (QED) is 0.162. The van der Waals surface area contributed by atoms with Crippen LogP contribution < -0.4 is 0 Å². The van der Waals surface area contributed by atoms with Gasteiger partial charge in [0.2, 0.25) is 0 Å². The van der Waals surface area contributed by atoms with Gasteiger partial charge in [-0.1, -0.05) is 84.8 Å². The van der Waals surface area contributed by atoms with Crippen LogP contribution >= 0.6 is 24.4 Å². The SMILES string of the molecule is CSC#Cc1c2cc3ccccc3cc2c(C#CS)c2cc3ccccc3cc12. The van der Waals surface area contributed by atoms with Crippen LogP contribution in [0.4, 0.5) is 0 Å². The maximum absolute atomic E-state index is 4.22. The summed E-state index contributed by atoms with van der Waals surface area (Å²) in [6.07, 6.45) is 2.00. The Bertz CT molecular complexity index is 1460. The lowest BCUT2D eigenvalue weighted by Gasteiger charge is -2.13. The number of thiol groups is 1. The third-order valence-electron chi connectivity index (χ3n) is 5.31. The highest BCUT2D eigenvalue weighted by Gasteiger charge is 2.14. The van der Waals surface area contributed by atoms with Crippen molar-refractivity contribution < 1.29 is 0 Å². The molecule has 0 saturated heterocycles. The lowest BCUT2D eigenvalue weighted by atomic mass is 9.89. The molecule has 0 saturated carbocycles. The van der Waals surface area contributed by atoms with E-state index in [0.29, 0.717) is 0 Å². The van der Waals surface area contributed by atoms with Crippen LogP contribution in [0.5, 0.6) is 0 Å². The van der Waals surface area contributed by atoms with E-state index in [1.165, 1.54) is 33.3 Å². The van der Waals surface area contributed by atoms with Crippen molar-refractivity contribution in [3.05, 3.63) is 83.9 Å². The second-order valence-electron chi connectivity index (χ2n) is 6.91. The molecule has 0 aliphatic carbocycles. The van der Waals surface area contributed by atoms with Gasteiger partial charge < -0.3 is 0 Å². The zero-order valence-electron chi connectivity index (χ0n) is 15.8. The van der Waals surface area contributed by atoms with E-state index in [0.717, 1.165) is 32.7 Å². The van der Waals surface area contributed by atoms with Crippen molar-refractivity contribution in [1.82, 2.24) is 0 Å². The van der Waals surface area contributed by atoms with Crippen LogP contribution in [0.25, 0.3) is 43.1 Å².